The predicted molar refractivity (Wildman–Crippen MR) is 105 cm³/mol. The zero-order valence-corrected chi connectivity index (χ0v) is 15.2. The van der Waals surface area contributed by atoms with E-state index in [0.29, 0.717) is 0 Å². The van der Waals surface area contributed by atoms with E-state index in [9.17, 15) is 4.79 Å². The molecule has 0 unspecified atom stereocenters. The molecule has 0 saturated heterocycles. The Hall–Kier alpha value is -2.72. The molecule has 0 saturated carbocycles. The lowest BCUT2D eigenvalue weighted by molar-refractivity contribution is 0.922. The highest BCUT2D eigenvalue weighted by molar-refractivity contribution is 7.18. The smallest absolute Gasteiger partial charge is 0.182 e. The minimum absolute atomic E-state index is 0.0507. The van der Waals surface area contributed by atoms with Crippen molar-refractivity contribution in [3.63, 3.8) is 0 Å². The molecular formula is C21H18N2OS. The van der Waals surface area contributed by atoms with E-state index in [-0.39, 0.29) is 5.43 Å². The lowest BCUT2D eigenvalue weighted by Gasteiger charge is -2.14. The van der Waals surface area contributed by atoms with Crippen LogP contribution in [-0.2, 0) is 0 Å². The summed E-state index contributed by atoms with van der Waals surface area (Å²) in [6, 6.07) is 18.2. The Kier molecular flexibility index (Phi) is 3.77. The Labute approximate surface area is 150 Å². The summed E-state index contributed by atoms with van der Waals surface area (Å²) < 4.78 is 3.32. The topological polar surface area (TPSA) is 34.9 Å². The average molecular weight is 346 g/mol. The van der Waals surface area contributed by atoms with Crippen molar-refractivity contribution < 1.29 is 0 Å². The SMILES string of the molecule is Cc1nc2cc(-c3ccc(-n4c(C)cc(=O)cc4C)cc3)ccc2s1. The second-order valence-electron chi connectivity index (χ2n) is 6.27. The van der Waals surface area contributed by atoms with Gasteiger partial charge in [-0.3, -0.25) is 4.79 Å². The Bertz CT molecular complexity index is 1110. The van der Waals surface area contributed by atoms with Crippen LogP contribution in [0.25, 0.3) is 27.0 Å². The number of benzene rings is 2. The molecule has 4 heteroatoms. The van der Waals surface area contributed by atoms with Gasteiger partial charge in [0.05, 0.1) is 15.2 Å². The highest BCUT2D eigenvalue weighted by Gasteiger charge is 2.06. The molecule has 0 radical (unpaired) electrons. The molecule has 4 rings (SSSR count). The van der Waals surface area contributed by atoms with Gasteiger partial charge in [-0.2, -0.15) is 0 Å². The molecule has 0 fully saturated rings. The maximum atomic E-state index is 11.6. The molecule has 4 aromatic rings. The first-order chi connectivity index (χ1) is 12.0. The number of pyridine rings is 1. The molecule has 0 bridgehead atoms. The number of aromatic nitrogens is 2. The molecular weight excluding hydrogens is 328 g/mol. The van der Waals surface area contributed by atoms with Gasteiger partial charge >= 0.3 is 0 Å². The van der Waals surface area contributed by atoms with Gasteiger partial charge in [-0.05, 0) is 56.2 Å². The van der Waals surface area contributed by atoms with Gasteiger partial charge in [-0.1, -0.05) is 18.2 Å². The van der Waals surface area contributed by atoms with Crippen molar-refractivity contribution >= 4 is 21.6 Å². The van der Waals surface area contributed by atoms with Gasteiger partial charge in [0.15, 0.2) is 5.43 Å². The van der Waals surface area contributed by atoms with Crippen LogP contribution in [0.4, 0.5) is 0 Å². The van der Waals surface area contributed by atoms with Gasteiger partial charge in [0.25, 0.3) is 0 Å². The van der Waals surface area contributed by atoms with Crippen molar-refractivity contribution in [2.45, 2.75) is 20.8 Å². The Morgan fingerprint density at radius 2 is 1.48 bits per heavy atom. The summed E-state index contributed by atoms with van der Waals surface area (Å²) in [5.74, 6) is 0. The van der Waals surface area contributed by atoms with Crippen LogP contribution in [0.15, 0.2) is 59.4 Å². The van der Waals surface area contributed by atoms with Gasteiger partial charge in [0.1, 0.15) is 0 Å². The summed E-state index contributed by atoms with van der Waals surface area (Å²) >= 11 is 1.72. The van der Waals surface area contributed by atoms with Crippen molar-refractivity contribution in [3.8, 4) is 16.8 Å². The number of fused-ring (bicyclic) bond motifs is 1. The average Bonchev–Trinajstić information content (AvgIpc) is 2.93. The standard InChI is InChI=1S/C21H18N2OS/c1-13-10-19(24)11-14(2)23(13)18-7-4-16(5-8-18)17-6-9-21-20(12-17)22-15(3)25-21/h4-12H,1-3H3. The molecule has 0 aliphatic rings. The second-order valence-corrected chi connectivity index (χ2v) is 7.51. The van der Waals surface area contributed by atoms with Crippen molar-refractivity contribution in [2.24, 2.45) is 0 Å². The van der Waals surface area contributed by atoms with Crippen molar-refractivity contribution in [3.05, 3.63) is 81.2 Å². The third-order valence-electron chi connectivity index (χ3n) is 4.36. The molecule has 0 N–H and O–H groups in total. The first-order valence-corrected chi connectivity index (χ1v) is 9.01. The van der Waals surface area contributed by atoms with Gasteiger partial charge in [0, 0.05) is 29.2 Å². The number of rotatable bonds is 2. The maximum Gasteiger partial charge on any atom is 0.182 e. The Balaban J connectivity index is 1.75. The number of nitrogens with zero attached hydrogens (tertiary/aromatic N) is 2. The number of hydrogen-bond acceptors (Lipinski definition) is 3. The molecule has 124 valence electrons. The van der Waals surface area contributed by atoms with Gasteiger partial charge in [-0.25, -0.2) is 4.98 Å². The Morgan fingerprint density at radius 3 is 2.16 bits per heavy atom. The zero-order valence-electron chi connectivity index (χ0n) is 14.4. The molecule has 25 heavy (non-hydrogen) atoms. The molecule has 2 aromatic heterocycles. The summed E-state index contributed by atoms with van der Waals surface area (Å²) in [4.78, 5) is 16.2. The summed E-state index contributed by atoms with van der Waals surface area (Å²) in [6.45, 7) is 5.95. The molecule has 0 aliphatic carbocycles. The van der Waals surface area contributed by atoms with Crippen LogP contribution in [0.1, 0.15) is 16.4 Å². The lowest BCUT2D eigenvalue weighted by atomic mass is 10.0. The summed E-state index contributed by atoms with van der Waals surface area (Å²) in [5, 5.41) is 1.09. The predicted octanol–water partition coefficient (Wildman–Crippen LogP) is 5.04. The molecule has 0 spiro atoms. The van der Waals surface area contributed by atoms with Crippen molar-refractivity contribution in [2.75, 3.05) is 0 Å². The quantitative estimate of drug-likeness (QED) is 0.510. The van der Waals surface area contributed by atoms with Gasteiger partial charge in [-0.15, -0.1) is 11.3 Å². The van der Waals surface area contributed by atoms with Crippen LogP contribution in [-0.4, -0.2) is 9.55 Å². The van der Waals surface area contributed by atoms with Crippen molar-refractivity contribution in [1.29, 1.82) is 0 Å². The number of hydrogen-bond donors (Lipinski definition) is 0. The highest BCUT2D eigenvalue weighted by atomic mass is 32.1. The van der Waals surface area contributed by atoms with E-state index in [1.54, 1.807) is 23.5 Å². The van der Waals surface area contributed by atoms with Crippen LogP contribution in [0, 0.1) is 20.8 Å². The fraction of sp³-hybridized carbons (Fsp3) is 0.143. The monoisotopic (exact) mass is 346 g/mol. The van der Waals surface area contributed by atoms with E-state index >= 15 is 0 Å². The van der Waals surface area contributed by atoms with Gasteiger partial charge in [0.2, 0.25) is 0 Å². The third kappa shape index (κ3) is 2.89. The highest BCUT2D eigenvalue weighted by Crippen LogP contribution is 2.28. The first-order valence-electron chi connectivity index (χ1n) is 8.19. The van der Waals surface area contributed by atoms with E-state index in [1.807, 2.05) is 20.8 Å². The van der Waals surface area contributed by atoms with E-state index in [0.717, 1.165) is 38.7 Å². The van der Waals surface area contributed by atoms with E-state index in [1.165, 1.54) is 4.70 Å². The summed E-state index contributed by atoms with van der Waals surface area (Å²) in [5.41, 5.74) is 6.37. The number of thiazole rings is 1. The van der Waals surface area contributed by atoms with E-state index in [4.69, 9.17) is 0 Å². The first kappa shape index (κ1) is 15.8. The second kappa shape index (κ2) is 5.97. The molecule has 0 aliphatic heterocycles. The van der Waals surface area contributed by atoms with Crippen LogP contribution in [0.2, 0.25) is 0 Å². The fourth-order valence-corrected chi connectivity index (χ4v) is 4.10. The third-order valence-corrected chi connectivity index (χ3v) is 5.31. The van der Waals surface area contributed by atoms with E-state index < -0.39 is 0 Å². The minimum atomic E-state index is 0.0507. The summed E-state index contributed by atoms with van der Waals surface area (Å²) in [6.07, 6.45) is 0. The van der Waals surface area contributed by atoms with Gasteiger partial charge < -0.3 is 4.57 Å². The molecule has 3 nitrogen and oxygen atoms in total. The fourth-order valence-electron chi connectivity index (χ4n) is 3.29. The Morgan fingerprint density at radius 1 is 0.840 bits per heavy atom. The molecule has 0 amide bonds. The number of aryl methyl sites for hydroxylation is 3. The minimum Gasteiger partial charge on any atom is -0.318 e. The van der Waals surface area contributed by atoms with Crippen LogP contribution in [0.3, 0.4) is 0 Å². The van der Waals surface area contributed by atoms with E-state index in [2.05, 4.69) is 52.0 Å². The van der Waals surface area contributed by atoms with Crippen LogP contribution >= 0.6 is 11.3 Å². The molecule has 2 aromatic carbocycles. The largest absolute Gasteiger partial charge is 0.318 e. The lowest BCUT2D eigenvalue weighted by Crippen LogP contribution is -2.11. The molecule has 0 atom stereocenters. The molecule has 2 heterocycles. The van der Waals surface area contributed by atoms with Crippen LogP contribution < -0.4 is 5.43 Å². The van der Waals surface area contributed by atoms with Crippen molar-refractivity contribution in [1.82, 2.24) is 9.55 Å². The van der Waals surface area contributed by atoms with Crippen LogP contribution in [0.5, 0.6) is 0 Å². The maximum absolute atomic E-state index is 11.6. The normalized spacial score (nSPS) is 11.2. The zero-order chi connectivity index (χ0) is 17.6. The summed E-state index contributed by atoms with van der Waals surface area (Å²) in [7, 11) is 0.